The molecule has 144 valence electrons. The summed E-state index contributed by atoms with van der Waals surface area (Å²) >= 11 is 8.45. The smallest absolute Gasteiger partial charge is 0.363 e. The fraction of sp³-hybridized carbons (Fsp3) is 0.0435. The van der Waals surface area contributed by atoms with Crippen molar-refractivity contribution in [2.75, 3.05) is 0 Å². The molecule has 29 heavy (non-hydrogen) atoms. The van der Waals surface area contributed by atoms with Gasteiger partial charge in [-0.15, -0.1) is 0 Å². The average molecular weight is 516 g/mol. The molecule has 0 atom stereocenters. The second kappa shape index (κ2) is 8.80. The van der Waals surface area contributed by atoms with Gasteiger partial charge in [-0.3, -0.25) is 0 Å². The highest BCUT2D eigenvalue weighted by Gasteiger charge is 2.25. The fourth-order valence-electron chi connectivity index (χ4n) is 2.83. The van der Waals surface area contributed by atoms with Crippen LogP contribution < -0.4 is 4.74 Å². The van der Waals surface area contributed by atoms with Crippen molar-refractivity contribution in [1.29, 1.82) is 0 Å². The van der Waals surface area contributed by atoms with E-state index in [2.05, 4.69) is 33.6 Å². The van der Waals surface area contributed by atoms with Crippen molar-refractivity contribution in [2.24, 2.45) is 4.99 Å². The molecule has 0 fully saturated rings. The Kier molecular flexibility index (Phi) is 5.97. The van der Waals surface area contributed by atoms with E-state index in [0.717, 1.165) is 14.7 Å². The Hall–Kier alpha value is -2.64. The van der Waals surface area contributed by atoms with E-state index in [9.17, 15) is 4.79 Å². The Morgan fingerprint density at radius 2 is 1.83 bits per heavy atom. The third-order valence-electron chi connectivity index (χ3n) is 4.22. The van der Waals surface area contributed by atoms with E-state index >= 15 is 0 Å². The molecular formula is C23H15ClINO3. The highest BCUT2D eigenvalue weighted by molar-refractivity contribution is 14.1. The molecule has 6 heteroatoms. The number of ether oxygens (including phenoxy) is 2. The minimum atomic E-state index is -0.521. The van der Waals surface area contributed by atoms with E-state index in [1.807, 2.05) is 48.5 Å². The van der Waals surface area contributed by atoms with Crippen molar-refractivity contribution in [3.8, 4) is 5.75 Å². The van der Waals surface area contributed by atoms with Crippen LogP contribution >= 0.6 is 34.2 Å². The lowest BCUT2D eigenvalue weighted by Crippen LogP contribution is -2.05. The summed E-state index contributed by atoms with van der Waals surface area (Å²) in [7, 11) is 0. The molecule has 0 aliphatic carbocycles. The first kappa shape index (κ1) is 19.7. The quantitative estimate of drug-likeness (QED) is 0.243. The molecule has 1 heterocycles. The summed E-state index contributed by atoms with van der Waals surface area (Å²) in [4.78, 5) is 16.6. The Morgan fingerprint density at radius 3 is 2.66 bits per heavy atom. The number of carbonyl (C=O) groups is 1. The number of nitrogens with zero attached hydrogens (tertiary/aromatic N) is 1. The van der Waals surface area contributed by atoms with Crippen molar-refractivity contribution in [2.45, 2.75) is 6.61 Å². The summed E-state index contributed by atoms with van der Waals surface area (Å²) in [5.41, 5.74) is 2.59. The van der Waals surface area contributed by atoms with E-state index in [0.29, 0.717) is 22.9 Å². The lowest BCUT2D eigenvalue weighted by atomic mass is 10.1. The van der Waals surface area contributed by atoms with Gasteiger partial charge in [-0.1, -0.05) is 54.1 Å². The van der Waals surface area contributed by atoms with Crippen molar-refractivity contribution < 1.29 is 14.3 Å². The zero-order chi connectivity index (χ0) is 20.2. The van der Waals surface area contributed by atoms with Crippen LogP contribution in [0.4, 0.5) is 0 Å². The first-order valence-electron chi connectivity index (χ1n) is 8.84. The van der Waals surface area contributed by atoms with Gasteiger partial charge in [0.1, 0.15) is 12.4 Å². The summed E-state index contributed by atoms with van der Waals surface area (Å²) in [5, 5.41) is 0.474. The van der Waals surface area contributed by atoms with Crippen LogP contribution in [0, 0.1) is 3.57 Å². The van der Waals surface area contributed by atoms with Crippen LogP contribution in [0.3, 0.4) is 0 Å². The second-order valence-electron chi connectivity index (χ2n) is 6.27. The first-order chi connectivity index (χ1) is 14.1. The molecule has 0 N–H and O–H groups in total. The summed E-state index contributed by atoms with van der Waals surface area (Å²) in [6.07, 6.45) is 1.66. The summed E-state index contributed by atoms with van der Waals surface area (Å²) in [6, 6.07) is 22.7. The number of carbonyl (C=O) groups excluding carboxylic acids is 1. The van der Waals surface area contributed by atoms with E-state index in [4.69, 9.17) is 21.1 Å². The van der Waals surface area contributed by atoms with Crippen molar-refractivity contribution in [1.82, 2.24) is 0 Å². The molecule has 0 radical (unpaired) electrons. The molecule has 0 amide bonds. The Balaban J connectivity index is 1.60. The Labute approximate surface area is 187 Å². The van der Waals surface area contributed by atoms with Crippen LogP contribution in [0.15, 0.2) is 83.5 Å². The van der Waals surface area contributed by atoms with Gasteiger partial charge in [-0.2, -0.15) is 0 Å². The van der Waals surface area contributed by atoms with E-state index < -0.39 is 5.97 Å². The van der Waals surface area contributed by atoms with Gasteiger partial charge in [-0.05, 0) is 64.6 Å². The number of aliphatic imine (C=N–C) groups is 1. The van der Waals surface area contributed by atoms with E-state index in [1.54, 1.807) is 24.3 Å². The van der Waals surface area contributed by atoms with Crippen LogP contribution in [-0.2, 0) is 16.1 Å². The molecule has 3 aromatic rings. The van der Waals surface area contributed by atoms with Crippen molar-refractivity contribution >= 4 is 52.1 Å². The molecule has 0 aromatic heterocycles. The van der Waals surface area contributed by atoms with Gasteiger partial charge >= 0.3 is 5.97 Å². The standard InChI is InChI=1S/C23H15ClINO3/c24-19-10-3-2-9-18(19)22-26-20(23(27)29-22)13-16-7-1-4-11-21(16)28-14-15-6-5-8-17(25)12-15/h1-13H,14H2/b20-13-. The third kappa shape index (κ3) is 4.68. The first-order valence-corrected chi connectivity index (χ1v) is 10.3. The van der Waals surface area contributed by atoms with Gasteiger partial charge < -0.3 is 9.47 Å². The predicted molar refractivity (Wildman–Crippen MR) is 122 cm³/mol. The number of cyclic esters (lactones) is 1. The lowest BCUT2D eigenvalue weighted by Gasteiger charge is -2.09. The molecular weight excluding hydrogens is 501 g/mol. The van der Waals surface area contributed by atoms with Gasteiger partial charge in [0.2, 0.25) is 5.90 Å². The van der Waals surface area contributed by atoms with Crippen LogP contribution in [0.5, 0.6) is 5.75 Å². The molecule has 0 unspecified atom stereocenters. The highest BCUT2D eigenvalue weighted by Crippen LogP contribution is 2.27. The number of rotatable bonds is 5. The topological polar surface area (TPSA) is 47.9 Å². The number of halogens is 2. The molecule has 1 aliphatic rings. The molecule has 4 nitrogen and oxygen atoms in total. The molecule has 0 saturated heterocycles. The maximum atomic E-state index is 12.3. The fourth-order valence-corrected chi connectivity index (χ4v) is 3.65. The maximum Gasteiger partial charge on any atom is 0.363 e. The SMILES string of the molecule is O=C1OC(c2ccccc2Cl)=N/C1=C\c1ccccc1OCc1cccc(I)c1. The molecule has 3 aromatic carbocycles. The van der Waals surface area contributed by atoms with Crippen molar-refractivity contribution in [3.63, 3.8) is 0 Å². The lowest BCUT2D eigenvalue weighted by molar-refractivity contribution is -0.129. The minimum absolute atomic E-state index is 0.198. The van der Waals surface area contributed by atoms with Crippen LogP contribution in [0.25, 0.3) is 6.08 Å². The van der Waals surface area contributed by atoms with Crippen molar-refractivity contribution in [3.05, 3.63) is 104 Å². The number of benzene rings is 3. The molecule has 0 saturated carbocycles. The molecule has 0 bridgehead atoms. The number of hydrogen-bond acceptors (Lipinski definition) is 4. The second-order valence-corrected chi connectivity index (χ2v) is 7.93. The van der Waals surface area contributed by atoms with Gasteiger partial charge in [0.25, 0.3) is 0 Å². The summed E-state index contributed by atoms with van der Waals surface area (Å²) in [5.74, 6) is 0.338. The zero-order valence-corrected chi connectivity index (χ0v) is 18.1. The van der Waals surface area contributed by atoms with Gasteiger partial charge in [0.05, 0.1) is 10.6 Å². The number of para-hydroxylation sites is 1. The molecule has 0 spiro atoms. The number of esters is 1. The maximum absolute atomic E-state index is 12.3. The van der Waals surface area contributed by atoms with Crippen LogP contribution in [0.2, 0.25) is 5.02 Å². The van der Waals surface area contributed by atoms with Gasteiger partial charge in [0.15, 0.2) is 5.70 Å². The average Bonchev–Trinajstić information content (AvgIpc) is 3.08. The largest absolute Gasteiger partial charge is 0.488 e. The summed E-state index contributed by atoms with van der Waals surface area (Å²) in [6.45, 7) is 0.426. The highest BCUT2D eigenvalue weighted by atomic mass is 127. The monoisotopic (exact) mass is 515 g/mol. The van der Waals surface area contributed by atoms with Crippen LogP contribution in [0.1, 0.15) is 16.7 Å². The summed E-state index contributed by atoms with van der Waals surface area (Å²) < 4.78 is 12.4. The number of hydrogen-bond donors (Lipinski definition) is 0. The normalized spacial score (nSPS) is 14.6. The minimum Gasteiger partial charge on any atom is -0.488 e. The molecule has 1 aliphatic heterocycles. The van der Waals surface area contributed by atoms with Crippen LogP contribution in [-0.4, -0.2) is 11.9 Å². The molecule has 4 rings (SSSR count). The Bertz CT molecular complexity index is 1140. The Morgan fingerprint density at radius 1 is 1.03 bits per heavy atom. The predicted octanol–water partition coefficient (Wildman–Crippen LogP) is 5.87. The van der Waals surface area contributed by atoms with E-state index in [-0.39, 0.29) is 11.6 Å². The van der Waals surface area contributed by atoms with E-state index in [1.165, 1.54) is 0 Å². The van der Waals surface area contributed by atoms with Gasteiger partial charge in [-0.25, -0.2) is 9.79 Å². The third-order valence-corrected chi connectivity index (χ3v) is 5.22. The zero-order valence-electron chi connectivity index (χ0n) is 15.1. The van der Waals surface area contributed by atoms with Gasteiger partial charge in [0, 0.05) is 9.13 Å².